The third-order valence-corrected chi connectivity index (χ3v) is 6.69. The quantitative estimate of drug-likeness (QED) is 0.744. The number of benzene rings is 2. The summed E-state index contributed by atoms with van der Waals surface area (Å²) in [7, 11) is 1.68. The lowest BCUT2D eigenvalue weighted by Crippen LogP contribution is -2.51. The van der Waals surface area contributed by atoms with Crippen molar-refractivity contribution < 1.29 is 14.3 Å². The van der Waals surface area contributed by atoms with Gasteiger partial charge in [-0.25, -0.2) is 4.79 Å². The van der Waals surface area contributed by atoms with Crippen LogP contribution in [0.25, 0.3) is 0 Å². The molecular weight excluding hydrogens is 390 g/mol. The normalized spacial score (nSPS) is 18.9. The van der Waals surface area contributed by atoms with Gasteiger partial charge in [-0.2, -0.15) is 0 Å². The zero-order valence-electron chi connectivity index (χ0n) is 18.3. The Hall–Kier alpha value is -2.73. The molecule has 2 heterocycles. The van der Waals surface area contributed by atoms with E-state index in [1.807, 2.05) is 18.2 Å². The molecule has 6 nitrogen and oxygen atoms in total. The molecule has 0 spiro atoms. The summed E-state index contributed by atoms with van der Waals surface area (Å²) in [6, 6.07) is 18.8. The van der Waals surface area contributed by atoms with Crippen molar-refractivity contribution in [3.63, 3.8) is 0 Å². The Morgan fingerprint density at radius 1 is 1.06 bits per heavy atom. The lowest BCUT2D eigenvalue weighted by molar-refractivity contribution is 0.0506. The van der Waals surface area contributed by atoms with Crippen molar-refractivity contribution in [3.05, 3.63) is 60.2 Å². The fraction of sp³-hybridized carbons (Fsp3) is 0.480. The minimum absolute atomic E-state index is 0.0470. The number of hydrogen-bond donors (Lipinski definition) is 2. The maximum absolute atomic E-state index is 12.7. The van der Waals surface area contributed by atoms with Gasteiger partial charge in [0.1, 0.15) is 5.75 Å². The molecule has 0 saturated carbocycles. The van der Waals surface area contributed by atoms with Gasteiger partial charge < -0.3 is 25.0 Å². The molecule has 2 aliphatic rings. The van der Waals surface area contributed by atoms with Gasteiger partial charge in [-0.15, -0.1) is 0 Å². The molecule has 2 aromatic rings. The predicted molar refractivity (Wildman–Crippen MR) is 123 cm³/mol. The molecular formula is C25H33N3O3. The molecule has 2 saturated heterocycles. The maximum atomic E-state index is 12.7. The number of hydrogen-bond acceptors (Lipinski definition) is 4. The van der Waals surface area contributed by atoms with E-state index in [0.717, 1.165) is 57.7 Å². The molecule has 0 unspecified atom stereocenters. The van der Waals surface area contributed by atoms with Crippen LogP contribution in [0.2, 0.25) is 0 Å². The van der Waals surface area contributed by atoms with Gasteiger partial charge in [0.25, 0.3) is 0 Å². The topological polar surface area (TPSA) is 62.8 Å². The van der Waals surface area contributed by atoms with Crippen LogP contribution in [0.1, 0.15) is 31.2 Å². The van der Waals surface area contributed by atoms with Gasteiger partial charge in [0.2, 0.25) is 0 Å². The lowest BCUT2D eigenvalue weighted by Gasteiger charge is -2.38. The molecule has 2 aromatic carbocycles. The number of carbonyl (C=O) groups is 1. The number of amides is 2. The van der Waals surface area contributed by atoms with Gasteiger partial charge in [-0.3, -0.25) is 0 Å². The average molecular weight is 424 g/mol. The second-order valence-corrected chi connectivity index (χ2v) is 8.55. The van der Waals surface area contributed by atoms with Crippen molar-refractivity contribution in [2.75, 3.05) is 44.9 Å². The van der Waals surface area contributed by atoms with Crippen molar-refractivity contribution in [1.82, 2.24) is 10.6 Å². The monoisotopic (exact) mass is 423 g/mol. The van der Waals surface area contributed by atoms with Gasteiger partial charge >= 0.3 is 6.03 Å². The average Bonchev–Trinajstić information content (AvgIpc) is 2.84. The van der Waals surface area contributed by atoms with E-state index in [2.05, 4.69) is 51.9 Å². The lowest BCUT2D eigenvalue weighted by atomic mass is 9.74. The van der Waals surface area contributed by atoms with Crippen molar-refractivity contribution >= 4 is 11.7 Å². The summed E-state index contributed by atoms with van der Waals surface area (Å²) < 4.78 is 10.8. The Kier molecular flexibility index (Phi) is 6.97. The van der Waals surface area contributed by atoms with Crippen LogP contribution in [0.3, 0.4) is 0 Å². The third kappa shape index (κ3) is 5.31. The summed E-state index contributed by atoms with van der Waals surface area (Å²) in [4.78, 5) is 15.0. The minimum atomic E-state index is -0.0651. The molecule has 0 aromatic heterocycles. The molecule has 0 radical (unpaired) electrons. The van der Waals surface area contributed by atoms with Gasteiger partial charge in [0.15, 0.2) is 0 Å². The van der Waals surface area contributed by atoms with Gasteiger partial charge in [0.05, 0.1) is 7.11 Å². The van der Waals surface area contributed by atoms with Gasteiger partial charge in [-0.05, 0) is 55.5 Å². The van der Waals surface area contributed by atoms with E-state index in [4.69, 9.17) is 9.47 Å². The van der Waals surface area contributed by atoms with Crippen LogP contribution in [0.4, 0.5) is 10.5 Å². The fourth-order valence-corrected chi connectivity index (χ4v) is 4.68. The SMILES string of the molecule is COc1ccc(N2CCC(NC(=O)NCC3(c4ccccc4)CCOCC3)CC2)cc1. The number of nitrogens with one attached hydrogen (secondary N) is 2. The van der Waals surface area contributed by atoms with Crippen molar-refractivity contribution in [2.24, 2.45) is 0 Å². The maximum Gasteiger partial charge on any atom is 0.315 e. The molecule has 31 heavy (non-hydrogen) atoms. The van der Waals surface area contributed by atoms with Gasteiger partial charge in [-0.1, -0.05) is 30.3 Å². The minimum Gasteiger partial charge on any atom is -0.497 e. The molecule has 2 N–H and O–H groups in total. The Balaban J connectivity index is 1.27. The molecule has 2 amide bonds. The molecule has 0 aliphatic carbocycles. The number of urea groups is 1. The number of ether oxygens (including phenoxy) is 2. The van der Waals surface area contributed by atoms with E-state index in [9.17, 15) is 4.79 Å². The highest BCUT2D eigenvalue weighted by molar-refractivity contribution is 5.74. The molecule has 6 heteroatoms. The van der Waals surface area contributed by atoms with E-state index in [1.165, 1.54) is 11.3 Å². The fourth-order valence-electron chi connectivity index (χ4n) is 4.68. The number of nitrogens with zero attached hydrogens (tertiary/aromatic N) is 1. The standard InChI is InChI=1S/C25H33N3O3/c1-30-23-9-7-22(8-10-23)28-15-11-21(12-16-28)27-24(29)26-19-25(13-17-31-18-14-25)20-5-3-2-4-6-20/h2-10,21H,11-19H2,1H3,(H2,26,27,29). The van der Waals surface area contributed by atoms with Crippen LogP contribution in [-0.4, -0.2) is 52.0 Å². The van der Waals surface area contributed by atoms with Gasteiger partial charge in [0, 0.05) is 50.0 Å². The van der Waals surface area contributed by atoms with Crippen molar-refractivity contribution in [1.29, 1.82) is 0 Å². The van der Waals surface area contributed by atoms with E-state index in [0.29, 0.717) is 6.54 Å². The summed E-state index contributed by atoms with van der Waals surface area (Å²) >= 11 is 0. The molecule has 166 valence electrons. The Morgan fingerprint density at radius 2 is 1.74 bits per heavy atom. The van der Waals surface area contributed by atoms with Crippen molar-refractivity contribution in [2.45, 2.75) is 37.1 Å². The number of anilines is 1. The first-order valence-electron chi connectivity index (χ1n) is 11.3. The Labute approximate surface area is 184 Å². The second kappa shape index (κ2) is 10.1. The first kappa shape index (κ1) is 21.5. The molecule has 2 fully saturated rings. The first-order chi connectivity index (χ1) is 15.2. The van der Waals surface area contributed by atoms with E-state index in [1.54, 1.807) is 7.11 Å². The van der Waals surface area contributed by atoms with E-state index in [-0.39, 0.29) is 17.5 Å². The molecule has 2 aliphatic heterocycles. The Bertz CT molecular complexity index is 827. The zero-order chi connectivity index (χ0) is 21.5. The second-order valence-electron chi connectivity index (χ2n) is 8.55. The number of carbonyl (C=O) groups excluding carboxylic acids is 1. The van der Waals surface area contributed by atoms with Crippen LogP contribution < -0.4 is 20.3 Å². The molecule has 0 bridgehead atoms. The predicted octanol–water partition coefficient (Wildman–Crippen LogP) is 3.71. The third-order valence-electron chi connectivity index (χ3n) is 6.69. The highest BCUT2D eigenvalue weighted by atomic mass is 16.5. The zero-order valence-corrected chi connectivity index (χ0v) is 18.3. The summed E-state index contributed by atoms with van der Waals surface area (Å²) in [6.07, 6.45) is 3.74. The van der Waals surface area contributed by atoms with E-state index >= 15 is 0 Å². The molecule has 4 rings (SSSR count). The largest absolute Gasteiger partial charge is 0.497 e. The van der Waals surface area contributed by atoms with Crippen LogP contribution in [-0.2, 0) is 10.2 Å². The Morgan fingerprint density at radius 3 is 2.39 bits per heavy atom. The highest BCUT2D eigenvalue weighted by Crippen LogP contribution is 2.34. The smallest absolute Gasteiger partial charge is 0.315 e. The van der Waals surface area contributed by atoms with E-state index < -0.39 is 0 Å². The van der Waals surface area contributed by atoms with Crippen LogP contribution in [0.15, 0.2) is 54.6 Å². The summed E-state index contributed by atoms with van der Waals surface area (Å²) in [5, 5.41) is 6.35. The number of methoxy groups -OCH3 is 1. The molecule has 0 atom stereocenters. The summed E-state index contributed by atoms with van der Waals surface area (Å²) in [5.74, 6) is 0.870. The van der Waals surface area contributed by atoms with Crippen LogP contribution in [0.5, 0.6) is 5.75 Å². The van der Waals surface area contributed by atoms with Crippen molar-refractivity contribution in [3.8, 4) is 5.75 Å². The van der Waals surface area contributed by atoms with Crippen LogP contribution >= 0.6 is 0 Å². The number of piperidine rings is 1. The first-order valence-corrected chi connectivity index (χ1v) is 11.3. The summed E-state index contributed by atoms with van der Waals surface area (Å²) in [6.45, 7) is 3.98. The highest BCUT2D eigenvalue weighted by Gasteiger charge is 2.35. The summed E-state index contributed by atoms with van der Waals surface area (Å²) in [5.41, 5.74) is 2.44. The number of rotatable bonds is 6. The van der Waals surface area contributed by atoms with Crippen LogP contribution in [0, 0.1) is 0 Å².